The topological polar surface area (TPSA) is 229 Å². The Morgan fingerprint density at radius 1 is 0.540 bits per heavy atom. The summed E-state index contributed by atoms with van der Waals surface area (Å²) in [4.78, 5) is 35.2. The molecule has 0 amide bonds. The third-order valence-electron chi connectivity index (χ3n) is 17.6. The van der Waals surface area contributed by atoms with E-state index >= 15 is 0 Å². The van der Waals surface area contributed by atoms with Crippen molar-refractivity contribution in [3.63, 3.8) is 0 Å². The Bertz CT molecular complexity index is 4510. The standard InChI is InChI=1S/C22H20ClNO4S.C22H22FNO4S.C21H19ClFNO4S/c23-16-3-5-20-18(11-16)17(19-4-2-15(22(25)26)12-24(19)20)10-13-1-6-21-14(9-13)7-8-29(21,27)28;1-13-9-17(29(2,27)28)6-3-14(13)10-18-19-11-16(23)5-8-21(19)24-12-15(22(25)26)4-7-20(18)24;1-29(27,28)15-5-2-12(18(23)10-15)8-16-17-9-14(22)4-7-20(17)24-11-13(21(25)26)3-6-19(16)24/h1,3,5-6,9,11,15H,2,4,7-8,10,12H2,(H,25,26);3,5-6,8-9,11,15H,4,7,10,12H2,1-2H3,(H,25,26);2,4-5,7,9-10,13H,3,6,8,11H2,1H3,(H,25,26). The van der Waals surface area contributed by atoms with Gasteiger partial charge in [-0.2, -0.15) is 0 Å². The number of fused-ring (bicyclic) bond motifs is 10. The van der Waals surface area contributed by atoms with E-state index in [0.29, 0.717) is 97.9 Å². The van der Waals surface area contributed by atoms with E-state index in [0.717, 1.165) is 101 Å². The number of carbonyl (C=O) groups is 3. The van der Waals surface area contributed by atoms with Crippen molar-refractivity contribution >= 4 is 103 Å². The number of hydrogen-bond acceptors (Lipinski definition) is 9. The van der Waals surface area contributed by atoms with Gasteiger partial charge in [-0.25, -0.2) is 34.0 Å². The second-order valence-corrected chi connectivity index (χ2v) is 30.2. The second-order valence-electron chi connectivity index (χ2n) is 23.2. The maximum atomic E-state index is 14.7. The number of aromatic nitrogens is 3. The smallest absolute Gasteiger partial charge is 0.308 e. The number of rotatable bonds is 11. The molecule has 454 valence electrons. The van der Waals surface area contributed by atoms with Crippen molar-refractivity contribution in [2.75, 3.05) is 18.3 Å². The number of sulfone groups is 3. The van der Waals surface area contributed by atoms with E-state index in [9.17, 15) is 63.7 Å². The highest BCUT2D eigenvalue weighted by atomic mass is 35.5. The van der Waals surface area contributed by atoms with Crippen molar-refractivity contribution < 1.29 is 63.7 Å². The van der Waals surface area contributed by atoms with Gasteiger partial charge in [0.15, 0.2) is 29.5 Å². The van der Waals surface area contributed by atoms with Gasteiger partial charge in [0.1, 0.15) is 11.6 Å². The first kappa shape index (κ1) is 61.3. The van der Waals surface area contributed by atoms with E-state index < -0.39 is 65.1 Å². The van der Waals surface area contributed by atoms with Gasteiger partial charge in [-0.05, 0) is 188 Å². The highest BCUT2D eigenvalue weighted by Crippen LogP contribution is 2.40. The lowest BCUT2D eigenvalue weighted by Gasteiger charge is -2.23. The van der Waals surface area contributed by atoms with Gasteiger partial charge in [-0.15, -0.1) is 0 Å². The molecule has 22 heteroatoms. The van der Waals surface area contributed by atoms with Crippen LogP contribution in [-0.4, -0.2) is 90.4 Å². The first-order chi connectivity index (χ1) is 41.1. The molecular weight excluding hydrogens is 1220 g/mol. The minimum atomic E-state index is -3.49. The molecule has 15 nitrogen and oxygen atoms in total. The van der Waals surface area contributed by atoms with E-state index in [-0.39, 0.29) is 33.7 Å². The zero-order valence-corrected chi connectivity index (χ0v) is 51.6. The monoisotopic (exact) mass is 1280 g/mol. The Kier molecular flexibility index (Phi) is 16.6. The summed E-state index contributed by atoms with van der Waals surface area (Å²) in [6, 6.07) is 30.4. The van der Waals surface area contributed by atoms with Crippen LogP contribution in [0.1, 0.15) is 80.9 Å². The molecule has 0 spiro atoms. The van der Waals surface area contributed by atoms with E-state index in [1.807, 2.05) is 64.6 Å². The fraction of sp³-hybridized carbons (Fsp3) is 0.308. The number of halogens is 4. The number of hydrogen-bond donors (Lipinski definition) is 3. The van der Waals surface area contributed by atoms with Crippen molar-refractivity contribution in [2.45, 2.75) is 105 Å². The number of aryl methyl sites for hydroxylation is 2. The van der Waals surface area contributed by atoms with Crippen molar-refractivity contribution in [3.05, 3.63) is 192 Å². The van der Waals surface area contributed by atoms with Crippen LogP contribution < -0.4 is 0 Å². The Morgan fingerprint density at radius 3 is 1.44 bits per heavy atom. The molecule has 0 bridgehead atoms. The van der Waals surface area contributed by atoms with Gasteiger partial charge >= 0.3 is 17.9 Å². The molecule has 3 aromatic heterocycles. The van der Waals surface area contributed by atoms with Crippen LogP contribution in [0.5, 0.6) is 0 Å². The zero-order valence-electron chi connectivity index (χ0n) is 47.6. The fourth-order valence-electron chi connectivity index (χ4n) is 13.1. The summed E-state index contributed by atoms with van der Waals surface area (Å²) in [7, 11) is -9.90. The average Bonchev–Trinajstić information content (AvgIpc) is 1.72. The van der Waals surface area contributed by atoms with Crippen LogP contribution in [0.3, 0.4) is 0 Å². The highest BCUT2D eigenvalue weighted by Gasteiger charge is 2.33. The molecule has 3 unspecified atom stereocenters. The Labute approximate surface area is 511 Å². The molecule has 3 atom stereocenters. The summed E-state index contributed by atoms with van der Waals surface area (Å²) in [5.41, 5.74) is 13.1. The van der Waals surface area contributed by atoms with Gasteiger partial charge in [0, 0.05) is 105 Å². The van der Waals surface area contributed by atoms with Crippen LogP contribution >= 0.6 is 23.2 Å². The van der Waals surface area contributed by atoms with E-state index in [1.54, 1.807) is 30.3 Å². The summed E-state index contributed by atoms with van der Waals surface area (Å²) in [6.45, 7) is 3.07. The highest BCUT2D eigenvalue weighted by molar-refractivity contribution is 7.92. The predicted octanol–water partition coefficient (Wildman–Crippen LogP) is 11.7. The maximum absolute atomic E-state index is 14.7. The summed E-state index contributed by atoms with van der Waals surface area (Å²) in [6.07, 6.45) is 7.84. The molecule has 6 aromatic carbocycles. The summed E-state index contributed by atoms with van der Waals surface area (Å²) in [5, 5.41) is 32.2. The van der Waals surface area contributed by atoms with Crippen LogP contribution in [0, 0.1) is 36.3 Å². The molecule has 87 heavy (non-hydrogen) atoms. The van der Waals surface area contributed by atoms with Crippen molar-refractivity contribution in [3.8, 4) is 0 Å². The fourth-order valence-corrected chi connectivity index (χ4v) is 16.3. The summed E-state index contributed by atoms with van der Waals surface area (Å²) in [5.74, 6) is -4.42. The molecule has 0 aliphatic carbocycles. The quantitative estimate of drug-likeness (QED) is 0.110. The van der Waals surface area contributed by atoms with Crippen molar-refractivity contribution in [2.24, 2.45) is 17.8 Å². The Balaban J connectivity index is 0.000000135. The van der Waals surface area contributed by atoms with Gasteiger partial charge in [-0.3, -0.25) is 14.4 Å². The van der Waals surface area contributed by atoms with E-state index in [4.69, 9.17) is 23.2 Å². The van der Waals surface area contributed by atoms with Gasteiger partial charge in [0.2, 0.25) is 0 Å². The molecule has 9 aromatic rings. The molecule has 3 N–H and O–H groups in total. The first-order valence-corrected chi connectivity index (χ1v) is 34.5. The maximum Gasteiger partial charge on any atom is 0.308 e. The van der Waals surface area contributed by atoms with Crippen LogP contribution in [0.25, 0.3) is 32.7 Å². The third-order valence-corrected chi connectivity index (χ3v) is 22.1. The van der Waals surface area contributed by atoms with Crippen LogP contribution in [0.4, 0.5) is 8.78 Å². The lowest BCUT2D eigenvalue weighted by Crippen LogP contribution is -2.26. The van der Waals surface area contributed by atoms with Gasteiger partial charge < -0.3 is 29.0 Å². The molecule has 0 saturated carbocycles. The van der Waals surface area contributed by atoms with Crippen molar-refractivity contribution in [1.82, 2.24) is 13.7 Å². The second kappa shape index (κ2) is 23.6. The van der Waals surface area contributed by atoms with Crippen molar-refractivity contribution in [1.29, 1.82) is 0 Å². The number of nitrogens with zero attached hydrogens (tertiary/aromatic N) is 3. The summed E-state index contributed by atoms with van der Waals surface area (Å²) >= 11 is 12.5. The largest absolute Gasteiger partial charge is 0.481 e. The van der Waals surface area contributed by atoms with Crippen LogP contribution in [-0.2, 0) is 108 Å². The van der Waals surface area contributed by atoms with Gasteiger partial charge in [0.05, 0.1) is 38.2 Å². The van der Waals surface area contributed by atoms with Crippen LogP contribution in [0.2, 0.25) is 10.0 Å². The lowest BCUT2D eigenvalue weighted by molar-refractivity contribution is -0.143. The molecule has 4 aliphatic rings. The third kappa shape index (κ3) is 12.3. The zero-order chi connectivity index (χ0) is 62.2. The number of aliphatic carboxylic acids is 3. The molecule has 0 fully saturated rings. The minimum absolute atomic E-state index is 0.0603. The number of benzene rings is 6. The minimum Gasteiger partial charge on any atom is -0.481 e. The number of carboxylic acids is 3. The molecule has 13 rings (SSSR count). The van der Waals surface area contributed by atoms with Crippen LogP contribution in [0.15, 0.2) is 124 Å². The normalized spacial score (nSPS) is 17.8. The van der Waals surface area contributed by atoms with Gasteiger partial charge in [-0.1, -0.05) is 47.5 Å². The van der Waals surface area contributed by atoms with Gasteiger partial charge in [0.25, 0.3) is 0 Å². The molecular formula is C65H61Cl2F2N3O12S3. The number of carboxylic acid groups (broad SMARTS) is 3. The molecule has 0 radical (unpaired) electrons. The van der Waals surface area contributed by atoms with E-state index in [1.165, 1.54) is 30.5 Å². The lowest BCUT2D eigenvalue weighted by atomic mass is 9.93. The molecule has 4 aliphatic heterocycles. The molecule has 7 heterocycles. The molecule has 0 saturated heterocycles. The predicted molar refractivity (Wildman–Crippen MR) is 329 cm³/mol. The Hall–Kier alpha value is -7.36. The Morgan fingerprint density at radius 2 is 0.977 bits per heavy atom. The SMILES string of the molecule is CS(=O)(=O)c1ccc(Cc2c3n(c4ccc(Cl)cc24)CC(C(=O)O)CC3)c(F)c1.Cc1cc(S(C)(=O)=O)ccc1Cc1c2n(c3ccc(F)cc13)CC(C(=O)O)CC2.O=C(O)C1CCc2c(Cc3ccc4c(c3)CCS4(=O)=O)c3cc(Cl)ccc3n2C1. The first-order valence-electron chi connectivity index (χ1n) is 28.3. The van der Waals surface area contributed by atoms with E-state index in [2.05, 4.69) is 4.57 Å². The average molecular weight is 1280 g/mol. The summed E-state index contributed by atoms with van der Waals surface area (Å²) < 4.78 is 106.